The summed E-state index contributed by atoms with van der Waals surface area (Å²) in [6.45, 7) is 0.608. The Morgan fingerprint density at radius 2 is 1.88 bits per heavy atom. The first-order chi connectivity index (χ1) is 16.5. The third-order valence-corrected chi connectivity index (χ3v) is 5.15. The Kier molecular flexibility index (Phi) is 7.26. The molecule has 2 aromatic heterocycles. The Morgan fingerprint density at radius 1 is 1.12 bits per heavy atom. The predicted octanol–water partition coefficient (Wildman–Crippen LogP) is 3.22. The van der Waals surface area contributed by atoms with Crippen molar-refractivity contribution in [1.29, 1.82) is 0 Å². The fourth-order valence-corrected chi connectivity index (χ4v) is 3.43. The number of hydrogen-bond donors (Lipinski definition) is 4. The van der Waals surface area contributed by atoms with Crippen LogP contribution < -0.4 is 10.6 Å². The number of aromatic nitrogens is 4. The highest BCUT2D eigenvalue weighted by molar-refractivity contribution is 5.99. The van der Waals surface area contributed by atoms with Gasteiger partial charge >= 0.3 is 0 Å². The van der Waals surface area contributed by atoms with Gasteiger partial charge in [0.15, 0.2) is 11.5 Å². The minimum atomic E-state index is -0.319. The minimum absolute atomic E-state index is 0.0893. The number of anilines is 2. The highest BCUT2D eigenvalue weighted by Gasteiger charge is 2.16. The van der Waals surface area contributed by atoms with E-state index in [1.807, 2.05) is 79.7 Å². The second kappa shape index (κ2) is 10.7. The van der Waals surface area contributed by atoms with Gasteiger partial charge < -0.3 is 25.6 Å². The molecule has 2 aromatic carbocycles. The number of hydrogen-bond acceptors (Lipinski definition) is 7. The normalized spacial score (nSPS) is 12.4. The number of nitrogens with one attached hydrogen (secondary N) is 3. The number of fused-ring (bicyclic) bond motifs is 1. The van der Waals surface area contributed by atoms with Gasteiger partial charge in [0, 0.05) is 23.9 Å². The van der Waals surface area contributed by atoms with E-state index in [0.29, 0.717) is 35.0 Å². The van der Waals surface area contributed by atoms with Gasteiger partial charge in [-0.3, -0.25) is 4.79 Å². The number of carbonyl (C=O) groups is 1. The van der Waals surface area contributed by atoms with Crippen LogP contribution in [0.2, 0.25) is 0 Å². The molecule has 0 saturated carbocycles. The molecule has 0 fully saturated rings. The van der Waals surface area contributed by atoms with Gasteiger partial charge in [-0.15, -0.1) is 0 Å². The molecule has 34 heavy (non-hydrogen) atoms. The Balaban J connectivity index is 1.51. The van der Waals surface area contributed by atoms with Crippen molar-refractivity contribution in [3.8, 4) is 11.4 Å². The molecule has 0 aliphatic heterocycles. The average Bonchev–Trinajstić information content (AvgIpc) is 3.28. The van der Waals surface area contributed by atoms with E-state index >= 15 is 0 Å². The molecule has 1 atom stereocenters. The molecule has 0 aliphatic rings. The van der Waals surface area contributed by atoms with E-state index < -0.39 is 0 Å². The molecule has 174 valence electrons. The van der Waals surface area contributed by atoms with Gasteiger partial charge in [0.25, 0.3) is 0 Å². The molecular formula is C25H27N7O2. The molecule has 4 rings (SSSR count). The van der Waals surface area contributed by atoms with Gasteiger partial charge in [-0.05, 0) is 43.9 Å². The molecule has 0 saturated heterocycles. The molecule has 0 aliphatic carbocycles. The lowest BCUT2D eigenvalue weighted by molar-refractivity contribution is -0.111. The highest BCUT2D eigenvalue weighted by Crippen LogP contribution is 2.26. The molecule has 9 nitrogen and oxygen atoms in total. The third-order valence-electron chi connectivity index (χ3n) is 5.15. The van der Waals surface area contributed by atoms with Crippen LogP contribution in [0.1, 0.15) is 11.6 Å². The van der Waals surface area contributed by atoms with Gasteiger partial charge in [-0.1, -0.05) is 36.4 Å². The summed E-state index contributed by atoms with van der Waals surface area (Å²) in [6.07, 6.45) is 4.77. The predicted molar refractivity (Wildman–Crippen MR) is 133 cm³/mol. The molecule has 0 bridgehead atoms. The SMILES string of the molecule is CN(C)CC=CC(=O)Nc1ccc(-c2nc3ncnc(N[C@H](CO)c4ccccc4)c3[nH]2)cc1. The number of benzene rings is 2. The van der Waals surface area contributed by atoms with Crippen molar-refractivity contribution in [1.82, 2.24) is 24.8 Å². The Labute approximate surface area is 197 Å². The van der Waals surface area contributed by atoms with E-state index in [2.05, 4.69) is 30.6 Å². The number of likely N-dealkylation sites (N-methyl/N-ethyl adjacent to an activating group) is 1. The number of H-pyrrole nitrogens is 1. The van der Waals surface area contributed by atoms with E-state index in [1.165, 1.54) is 12.4 Å². The van der Waals surface area contributed by atoms with E-state index in [0.717, 1.165) is 11.1 Å². The number of nitrogens with zero attached hydrogens (tertiary/aromatic N) is 4. The molecular weight excluding hydrogens is 430 g/mol. The lowest BCUT2D eigenvalue weighted by Crippen LogP contribution is -2.16. The zero-order valence-electron chi connectivity index (χ0n) is 19.1. The van der Waals surface area contributed by atoms with Crippen molar-refractivity contribution in [2.45, 2.75) is 6.04 Å². The van der Waals surface area contributed by atoms with Crippen LogP contribution in [0, 0.1) is 0 Å². The Hall–Kier alpha value is -4.08. The number of imidazole rings is 1. The first kappa shape index (κ1) is 23.1. The molecule has 0 spiro atoms. The van der Waals surface area contributed by atoms with Gasteiger partial charge in [0.05, 0.1) is 12.6 Å². The standard InChI is InChI=1S/C25H27N7O2/c1-32(2)14-6-9-21(34)28-19-12-10-18(11-13-19)23-30-22-24(26-16-27-25(22)31-23)29-20(15-33)17-7-4-3-5-8-17/h3-13,16,20,33H,14-15H2,1-2H3,(H,28,34)(H2,26,27,29,30,31)/t20-/m1/s1. The summed E-state index contributed by atoms with van der Waals surface area (Å²) in [6, 6.07) is 16.7. The summed E-state index contributed by atoms with van der Waals surface area (Å²) < 4.78 is 0. The number of rotatable bonds is 9. The van der Waals surface area contributed by atoms with Crippen molar-refractivity contribution in [3.05, 3.63) is 78.6 Å². The smallest absolute Gasteiger partial charge is 0.248 e. The summed E-state index contributed by atoms with van der Waals surface area (Å²) in [4.78, 5) is 30.5. The van der Waals surface area contributed by atoms with Crippen molar-refractivity contribution in [2.75, 3.05) is 37.9 Å². The summed E-state index contributed by atoms with van der Waals surface area (Å²) in [5.41, 5.74) is 3.64. The van der Waals surface area contributed by atoms with Gasteiger partial charge in [-0.2, -0.15) is 0 Å². The van der Waals surface area contributed by atoms with Gasteiger partial charge in [0.2, 0.25) is 5.91 Å². The van der Waals surface area contributed by atoms with Crippen molar-refractivity contribution >= 4 is 28.6 Å². The molecule has 4 N–H and O–H groups in total. The maximum Gasteiger partial charge on any atom is 0.248 e. The van der Waals surface area contributed by atoms with Crippen molar-refractivity contribution < 1.29 is 9.90 Å². The van der Waals surface area contributed by atoms with E-state index in [-0.39, 0.29) is 18.6 Å². The van der Waals surface area contributed by atoms with Crippen molar-refractivity contribution in [3.63, 3.8) is 0 Å². The van der Waals surface area contributed by atoms with E-state index in [9.17, 15) is 9.90 Å². The lowest BCUT2D eigenvalue weighted by Gasteiger charge is -2.17. The van der Waals surface area contributed by atoms with E-state index in [4.69, 9.17) is 0 Å². The quantitative estimate of drug-likeness (QED) is 0.285. The fraction of sp³-hybridized carbons (Fsp3) is 0.200. The fourth-order valence-electron chi connectivity index (χ4n) is 3.43. The summed E-state index contributed by atoms with van der Waals surface area (Å²) in [5, 5.41) is 16.0. The summed E-state index contributed by atoms with van der Waals surface area (Å²) in [7, 11) is 3.88. The van der Waals surface area contributed by atoms with Crippen LogP contribution in [-0.4, -0.2) is 63.1 Å². The second-order valence-corrected chi connectivity index (χ2v) is 8.03. The number of carbonyl (C=O) groups excluding carboxylic acids is 1. The number of aliphatic hydroxyl groups is 1. The van der Waals surface area contributed by atoms with Gasteiger partial charge in [0.1, 0.15) is 17.7 Å². The molecule has 4 aromatic rings. The number of aliphatic hydroxyl groups excluding tert-OH is 1. The van der Waals surface area contributed by atoms with Crippen LogP contribution >= 0.6 is 0 Å². The second-order valence-electron chi connectivity index (χ2n) is 8.03. The van der Waals surface area contributed by atoms with Crippen LogP contribution in [0.15, 0.2) is 73.1 Å². The number of aromatic amines is 1. The van der Waals surface area contributed by atoms with Gasteiger partial charge in [-0.25, -0.2) is 15.0 Å². The topological polar surface area (TPSA) is 119 Å². The first-order valence-electron chi connectivity index (χ1n) is 10.9. The van der Waals surface area contributed by atoms with Crippen LogP contribution in [0.4, 0.5) is 11.5 Å². The number of amides is 1. The third kappa shape index (κ3) is 5.64. The first-order valence-corrected chi connectivity index (χ1v) is 10.9. The zero-order valence-corrected chi connectivity index (χ0v) is 19.1. The maximum atomic E-state index is 12.0. The van der Waals surface area contributed by atoms with Crippen molar-refractivity contribution in [2.24, 2.45) is 0 Å². The molecule has 0 radical (unpaired) electrons. The largest absolute Gasteiger partial charge is 0.394 e. The van der Waals surface area contributed by atoms with Crippen LogP contribution in [-0.2, 0) is 4.79 Å². The van der Waals surface area contributed by atoms with E-state index in [1.54, 1.807) is 0 Å². The Bertz CT molecular complexity index is 1270. The van der Waals surface area contributed by atoms with Crippen LogP contribution in [0.25, 0.3) is 22.6 Å². The lowest BCUT2D eigenvalue weighted by atomic mass is 10.1. The summed E-state index contributed by atoms with van der Waals surface area (Å²) >= 11 is 0. The highest BCUT2D eigenvalue weighted by atomic mass is 16.3. The Morgan fingerprint density at radius 3 is 2.59 bits per heavy atom. The summed E-state index contributed by atoms with van der Waals surface area (Å²) in [5.74, 6) is 1.00. The molecule has 0 unspecified atom stereocenters. The maximum absolute atomic E-state index is 12.0. The minimum Gasteiger partial charge on any atom is -0.394 e. The average molecular weight is 458 g/mol. The van der Waals surface area contributed by atoms with Crippen LogP contribution in [0.5, 0.6) is 0 Å². The zero-order chi connectivity index (χ0) is 23.9. The van der Waals surface area contributed by atoms with Crippen LogP contribution in [0.3, 0.4) is 0 Å². The molecule has 2 heterocycles. The molecule has 1 amide bonds. The molecule has 9 heteroatoms. The monoisotopic (exact) mass is 457 g/mol.